The minimum atomic E-state index is -0.514. The van der Waals surface area contributed by atoms with Crippen LogP contribution in [-0.2, 0) is 4.79 Å². The lowest BCUT2D eigenvalue weighted by atomic mass is 10.0. The molecule has 7 heteroatoms. The predicted octanol–water partition coefficient (Wildman–Crippen LogP) is 1.65. The van der Waals surface area contributed by atoms with Crippen molar-refractivity contribution in [3.05, 3.63) is 41.7 Å². The van der Waals surface area contributed by atoms with Crippen LogP contribution in [0.1, 0.15) is 37.1 Å². The standard InChI is InChI=1S/C18H23N5O2/c1-13-20-21-22-23(13)16(11-14-7-3-2-4-8-14)18(25)19-12-17(24)15-9-5-6-10-15/h2-4,7-8,11,15,17,24H,5-6,9-10,12H2,1H3,(H,19,25)/b16-11+. The Morgan fingerprint density at radius 3 is 2.72 bits per heavy atom. The molecule has 25 heavy (non-hydrogen) atoms. The summed E-state index contributed by atoms with van der Waals surface area (Å²) >= 11 is 0. The first-order valence-electron chi connectivity index (χ1n) is 8.63. The van der Waals surface area contributed by atoms with Gasteiger partial charge in [0, 0.05) is 6.54 Å². The van der Waals surface area contributed by atoms with Crippen molar-refractivity contribution in [2.75, 3.05) is 6.54 Å². The Bertz CT molecular complexity index is 735. The third-order valence-corrected chi connectivity index (χ3v) is 4.60. The van der Waals surface area contributed by atoms with Gasteiger partial charge < -0.3 is 10.4 Å². The van der Waals surface area contributed by atoms with Gasteiger partial charge in [-0.1, -0.05) is 43.2 Å². The molecule has 1 aromatic carbocycles. The molecular formula is C18H23N5O2. The van der Waals surface area contributed by atoms with Crippen LogP contribution < -0.4 is 5.32 Å². The van der Waals surface area contributed by atoms with Gasteiger partial charge >= 0.3 is 0 Å². The number of benzene rings is 1. The molecule has 0 spiro atoms. The summed E-state index contributed by atoms with van der Waals surface area (Å²) in [5, 5.41) is 24.5. The number of tetrazole rings is 1. The molecule has 1 heterocycles. The quantitative estimate of drug-likeness (QED) is 0.779. The van der Waals surface area contributed by atoms with E-state index < -0.39 is 6.10 Å². The molecule has 7 nitrogen and oxygen atoms in total. The van der Waals surface area contributed by atoms with E-state index in [2.05, 4.69) is 20.8 Å². The van der Waals surface area contributed by atoms with Crippen LogP contribution in [0.2, 0.25) is 0 Å². The van der Waals surface area contributed by atoms with Crippen LogP contribution in [-0.4, -0.2) is 43.9 Å². The highest BCUT2D eigenvalue weighted by atomic mass is 16.3. The van der Waals surface area contributed by atoms with Crippen molar-refractivity contribution in [1.82, 2.24) is 25.5 Å². The highest BCUT2D eigenvalue weighted by Crippen LogP contribution is 2.27. The monoisotopic (exact) mass is 341 g/mol. The van der Waals surface area contributed by atoms with E-state index in [1.807, 2.05) is 30.3 Å². The number of aromatic nitrogens is 4. The number of carbonyl (C=O) groups is 1. The van der Waals surface area contributed by atoms with Crippen molar-refractivity contribution in [3.63, 3.8) is 0 Å². The van der Waals surface area contributed by atoms with Crippen molar-refractivity contribution >= 4 is 17.7 Å². The Labute approximate surface area is 146 Å². The number of nitrogens with one attached hydrogen (secondary N) is 1. The lowest BCUT2D eigenvalue weighted by molar-refractivity contribution is -0.116. The van der Waals surface area contributed by atoms with Crippen LogP contribution in [0, 0.1) is 12.8 Å². The molecule has 3 rings (SSSR count). The van der Waals surface area contributed by atoms with Gasteiger partial charge in [0.25, 0.3) is 5.91 Å². The highest BCUT2D eigenvalue weighted by molar-refractivity contribution is 6.18. The maximum atomic E-state index is 12.7. The van der Waals surface area contributed by atoms with Crippen LogP contribution >= 0.6 is 0 Å². The van der Waals surface area contributed by atoms with Crippen LogP contribution in [0.25, 0.3) is 11.8 Å². The van der Waals surface area contributed by atoms with E-state index in [9.17, 15) is 9.90 Å². The minimum absolute atomic E-state index is 0.233. The second-order valence-corrected chi connectivity index (χ2v) is 6.40. The molecule has 2 aromatic rings. The number of carbonyl (C=O) groups excluding carboxylic acids is 1. The molecule has 0 radical (unpaired) electrons. The fourth-order valence-corrected chi connectivity index (χ4v) is 3.18. The summed E-state index contributed by atoms with van der Waals surface area (Å²) in [5.41, 5.74) is 1.20. The van der Waals surface area contributed by atoms with E-state index in [0.29, 0.717) is 11.5 Å². The SMILES string of the molecule is Cc1nnnn1/C(=C/c1ccccc1)C(=O)NCC(O)C1CCCC1. The maximum Gasteiger partial charge on any atom is 0.270 e. The molecule has 0 bridgehead atoms. The molecule has 1 unspecified atom stereocenters. The maximum absolute atomic E-state index is 12.7. The Hall–Kier alpha value is -2.54. The molecule has 1 aromatic heterocycles. The predicted molar refractivity (Wildman–Crippen MR) is 94.1 cm³/mol. The molecule has 1 fully saturated rings. The molecule has 1 aliphatic carbocycles. The second-order valence-electron chi connectivity index (χ2n) is 6.40. The third-order valence-electron chi connectivity index (χ3n) is 4.60. The number of aryl methyl sites for hydroxylation is 1. The lowest BCUT2D eigenvalue weighted by Gasteiger charge is -2.18. The molecule has 2 N–H and O–H groups in total. The van der Waals surface area contributed by atoms with E-state index >= 15 is 0 Å². The molecule has 1 aliphatic rings. The fourth-order valence-electron chi connectivity index (χ4n) is 3.18. The molecule has 1 saturated carbocycles. The van der Waals surface area contributed by atoms with Gasteiger partial charge in [0.1, 0.15) is 5.70 Å². The average molecular weight is 341 g/mol. The van der Waals surface area contributed by atoms with Crippen LogP contribution in [0.4, 0.5) is 0 Å². The first-order chi connectivity index (χ1) is 12.1. The van der Waals surface area contributed by atoms with Gasteiger partial charge in [-0.2, -0.15) is 4.68 Å². The summed E-state index contributed by atoms with van der Waals surface area (Å²) in [6.45, 7) is 1.97. The zero-order valence-electron chi connectivity index (χ0n) is 14.3. The third kappa shape index (κ3) is 4.30. The summed E-state index contributed by atoms with van der Waals surface area (Å²) in [7, 11) is 0. The average Bonchev–Trinajstić information content (AvgIpc) is 3.30. The van der Waals surface area contributed by atoms with Gasteiger partial charge in [-0.15, -0.1) is 5.10 Å². The molecule has 1 atom stereocenters. The van der Waals surface area contributed by atoms with Crippen LogP contribution in [0.3, 0.4) is 0 Å². The zero-order chi connectivity index (χ0) is 17.6. The lowest BCUT2D eigenvalue weighted by Crippen LogP contribution is -2.37. The normalized spacial score (nSPS) is 16.8. The Morgan fingerprint density at radius 2 is 2.08 bits per heavy atom. The van der Waals surface area contributed by atoms with E-state index in [1.54, 1.807) is 13.0 Å². The van der Waals surface area contributed by atoms with Gasteiger partial charge in [0.15, 0.2) is 5.82 Å². The van der Waals surface area contributed by atoms with E-state index in [0.717, 1.165) is 31.2 Å². The van der Waals surface area contributed by atoms with Gasteiger partial charge in [-0.3, -0.25) is 4.79 Å². The zero-order valence-corrected chi connectivity index (χ0v) is 14.3. The number of nitrogens with zero attached hydrogens (tertiary/aromatic N) is 4. The van der Waals surface area contributed by atoms with Gasteiger partial charge in [-0.25, -0.2) is 0 Å². The smallest absolute Gasteiger partial charge is 0.270 e. The van der Waals surface area contributed by atoms with Crippen LogP contribution in [0.5, 0.6) is 0 Å². The highest BCUT2D eigenvalue weighted by Gasteiger charge is 2.24. The first-order valence-corrected chi connectivity index (χ1v) is 8.63. The van der Waals surface area contributed by atoms with Gasteiger partial charge in [-0.05, 0) is 47.7 Å². The molecule has 1 amide bonds. The fraction of sp³-hybridized carbons (Fsp3) is 0.444. The molecule has 0 aliphatic heterocycles. The molecule has 132 valence electrons. The Balaban J connectivity index is 1.76. The van der Waals surface area contributed by atoms with Crippen molar-refractivity contribution in [1.29, 1.82) is 0 Å². The number of hydrogen-bond acceptors (Lipinski definition) is 5. The van der Waals surface area contributed by atoms with E-state index in [1.165, 1.54) is 4.68 Å². The summed E-state index contributed by atoms with van der Waals surface area (Å²) in [5.74, 6) is 0.488. The number of amides is 1. The van der Waals surface area contributed by atoms with Crippen molar-refractivity contribution in [2.24, 2.45) is 5.92 Å². The Kier molecular flexibility index (Phi) is 5.55. The number of aliphatic hydroxyl groups excluding tert-OH is 1. The molecular weight excluding hydrogens is 318 g/mol. The Morgan fingerprint density at radius 1 is 1.36 bits per heavy atom. The molecule has 0 saturated heterocycles. The second kappa shape index (κ2) is 8.02. The van der Waals surface area contributed by atoms with Gasteiger partial charge in [0.2, 0.25) is 0 Å². The first kappa shape index (κ1) is 17.3. The largest absolute Gasteiger partial charge is 0.391 e. The number of aliphatic hydroxyl groups is 1. The van der Waals surface area contributed by atoms with Crippen molar-refractivity contribution in [3.8, 4) is 0 Å². The number of rotatable bonds is 6. The summed E-state index contributed by atoms with van der Waals surface area (Å²) in [6.07, 6.45) is 5.57. The summed E-state index contributed by atoms with van der Waals surface area (Å²) < 4.78 is 1.41. The summed E-state index contributed by atoms with van der Waals surface area (Å²) in [4.78, 5) is 12.7. The van der Waals surface area contributed by atoms with Gasteiger partial charge in [0.05, 0.1) is 6.10 Å². The van der Waals surface area contributed by atoms with Crippen LogP contribution in [0.15, 0.2) is 30.3 Å². The number of hydrogen-bond donors (Lipinski definition) is 2. The van der Waals surface area contributed by atoms with E-state index in [-0.39, 0.29) is 18.4 Å². The van der Waals surface area contributed by atoms with Crippen molar-refractivity contribution in [2.45, 2.75) is 38.7 Å². The van der Waals surface area contributed by atoms with E-state index in [4.69, 9.17) is 0 Å². The summed E-state index contributed by atoms with van der Waals surface area (Å²) in [6, 6.07) is 9.52. The van der Waals surface area contributed by atoms with Crippen molar-refractivity contribution < 1.29 is 9.90 Å². The minimum Gasteiger partial charge on any atom is -0.391 e. The topological polar surface area (TPSA) is 92.9 Å².